The lowest BCUT2D eigenvalue weighted by atomic mass is 9.81. The van der Waals surface area contributed by atoms with E-state index in [4.69, 9.17) is 9.47 Å². The van der Waals surface area contributed by atoms with E-state index in [1.165, 1.54) is 19.2 Å². The van der Waals surface area contributed by atoms with Gasteiger partial charge in [0.05, 0.1) is 24.2 Å². The Morgan fingerprint density at radius 2 is 1.86 bits per heavy atom. The number of anilines is 1. The molecule has 0 radical (unpaired) electrons. The highest BCUT2D eigenvalue weighted by molar-refractivity contribution is 5.94. The molecule has 1 aliphatic carbocycles. The zero-order valence-electron chi connectivity index (χ0n) is 24.7. The van der Waals surface area contributed by atoms with E-state index in [9.17, 15) is 22.7 Å². The normalized spacial score (nSPS) is 16.4. The summed E-state index contributed by atoms with van der Waals surface area (Å²) in [6, 6.07) is 8.24. The van der Waals surface area contributed by atoms with Crippen LogP contribution in [0.5, 0.6) is 11.5 Å². The first-order valence-electron chi connectivity index (χ1n) is 13.9. The van der Waals surface area contributed by atoms with Crippen LogP contribution in [-0.2, 0) is 5.92 Å². The first-order chi connectivity index (χ1) is 19.5. The number of nitrogens with zero attached hydrogens (tertiary/aromatic N) is 2. The molecule has 3 aromatic rings. The highest BCUT2D eigenvalue weighted by Gasteiger charge is 2.49. The number of nitrogens with one attached hydrogen (secondary N) is 1. The van der Waals surface area contributed by atoms with Crippen molar-refractivity contribution in [2.75, 3.05) is 39.2 Å². The number of hydrogen-bond acceptors (Lipinski definition) is 6. The van der Waals surface area contributed by atoms with E-state index in [1.54, 1.807) is 32.0 Å². The van der Waals surface area contributed by atoms with Crippen molar-refractivity contribution in [3.8, 4) is 11.5 Å². The molecular weight excluding hydrogens is 557 g/mol. The van der Waals surface area contributed by atoms with Crippen molar-refractivity contribution in [1.29, 1.82) is 0 Å². The number of fused-ring (bicyclic) bond motifs is 1. The van der Waals surface area contributed by atoms with E-state index in [2.05, 4.69) is 10.3 Å². The molecule has 0 bridgehead atoms. The molecule has 4 rings (SSSR count). The predicted octanol–water partition coefficient (Wildman–Crippen LogP) is 7.08. The van der Waals surface area contributed by atoms with Gasteiger partial charge in [0.15, 0.2) is 11.5 Å². The molecule has 1 saturated carbocycles. The van der Waals surface area contributed by atoms with E-state index in [0.717, 1.165) is 19.9 Å². The number of benzene rings is 2. The lowest BCUT2D eigenvalue weighted by Crippen LogP contribution is -2.42. The van der Waals surface area contributed by atoms with Gasteiger partial charge in [0.2, 0.25) is 5.92 Å². The fraction of sp³-hybridized carbons (Fsp3) is 0.516. The highest BCUT2D eigenvalue weighted by atomic mass is 19.3. The van der Waals surface area contributed by atoms with Crippen molar-refractivity contribution in [1.82, 2.24) is 9.88 Å². The maximum Gasteiger partial charge on any atom is 0.303 e. The smallest absolute Gasteiger partial charge is 0.303 e. The highest BCUT2D eigenvalue weighted by Crippen LogP contribution is 2.43. The minimum absolute atomic E-state index is 0.0105. The molecule has 1 aromatic heterocycles. The van der Waals surface area contributed by atoms with Gasteiger partial charge >= 0.3 is 5.92 Å². The predicted molar refractivity (Wildman–Crippen MR) is 152 cm³/mol. The third-order valence-electron chi connectivity index (χ3n) is 7.67. The molecule has 0 saturated heterocycles. The van der Waals surface area contributed by atoms with E-state index in [-0.39, 0.29) is 30.9 Å². The van der Waals surface area contributed by atoms with Crippen LogP contribution in [-0.4, -0.2) is 60.4 Å². The third-order valence-corrected chi connectivity index (χ3v) is 7.67. The third kappa shape index (κ3) is 6.72. The van der Waals surface area contributed by atoms with E-state index in [0.29, 0.717) is 46.9 Å². The van der Waals surface area contributed by atoms with Crippen molar-refractivity contribution in [2.45, 2.75) is 64.0 Å². The van der Waals surface area contributed by atoms with Crippen LogP contribution in [0.1, 0.15) is 56.5 Å². The Labute approximate surface area is 242 Å². The zero-order chi connectivity index (χ0) is 31.0. The Morgan fingerprint density at radius 3 is 2.48 bits per heavy atom. The van der Waals surface area contributed by atoms with Gasteiger partial charge < -0.3 is 24.8 Å². The van der Waals surface area contributed by atoms with Crippen LogP contribution in [0.15, 0.2) is 36.4 Å². The number of ether oxygens (including phenoxy) is 2. The molecule has 42 heavy (non-hydrogen) atoms. The van der Waals surface area contributed by atoms with Crippen molar-refractivity contribution in [3.63, 3.8) is 0 Å². The number of likely N-dealkylation sites (N-methyl/N-ethyl adjacent to an activating group) is 1. The minimum atomic E-state index is -3.81. The first-order valence-corrected chi connectivity index (χ1v) is 13.9. The molecule has 6 nitrogen and oxygen atoms in total. The largest absolute Gasteiger partial charge is 0.493 e. The maximum atomic E-state index is 15.4. The molecule has 1 heterocycles. The standard InChI is InChI=1S/C31H38F5N3O3/c1-18-12-24(38-19(2)21-8-7-9-23(28(21)32)31(35,36)29(3,4)40)22-13-27(26(41-6)14-25(22)37-18)42-11-10-39(5)17-20-15-30(33,34)16-20/h7-9,12-14,19-20,40H,10-11,15-17H2,1-6H3,(H,37,38)/t19-/m1/s1. The van der Waals surface area contributed by atoms with Crippen molar-refractivity contribution < 1.29 is 36.5 Å². The van der Waals surface area contributed by atoms with Gasteiger partial charge in [-0.15, -0.1) is 0 Å². The molecule has 11 heteroatoms. The second-order valence-corrected chi connectivity index (χ2v) is 11.8. The molecule has 1 atom stereocenters. The Kier molecular flexibility index (Phi) is 8.95. The van der Waals surface area contributed by atoms with Gasteiger partial charge in [-0.3, -0.25) is 4.98 Å². The number of aliphatic hydroxyl groups is 1. The monoisotopic (exact) mass is 595 g/mol. The maximum absolute atomic E-state index is 15.4. The molecule has 2 aromatic carbocycles. The van der Waals surface area contributed by atoms with Gasteiger partial charge in [0.1, 0.15) is 18.0 Å². The average Bonchev–Trinajstić information content (AvgIpc) is 2.86. The summed E-state index contributed by atoms with van der Waals surface area (Å²) < 4.78 is 83.0. The number of alkyl halides is 4. The first kappa shape index (κ1) is 31.7. The van der Waals surface area contributed by atoms with E-state index >= 15 is 4.39 Å². The van der Waals surface area contributed by atoms with E-state index in [1.807, 2.05) is 11.9 Å². The summed E-state index contributed by atoms with van der Waals surface area (Å²) >= 11 is 0. The lowest BCUT2D eigenvalue weighted by Gasteiger charge is -2.37. The van der Waals surface area contributed by atoms with Gasteiger partial charge in [-0.25, -0.2) is 13.2 Å². The summed E-state index contributed by atoms with van der Waals surface area (Å²) in [5, 5.41) is 13.8. The molecule has 1 fully saturated rings. The average molecular weight is 596 g/mol. The SMILES string of the molecule is COc1cc2nc(C)cc(N[C@H](C)c3cccc(C(F)(F)C(C)(C)O)c3F)c2cc1OCCN(C)CC1CC(F)(F)C1. The second kappa shape index (κ2) is 11.8. The number of hydrogen-bond donors (Lipinski definition) is 2. The summed E-state index contributed by atoms with van der Waals surface area (Å²) in [5.74, 6) is -6.60. The van der Waals surface area contributed by atoms with Gasteiger partial charge in [-0.1, -0.05) is 12.1 Å². The Morgan fingerprint density at radius 1 is 1.17 bits per heavy atom. The van der Waals surface area contributed by atoms with Gasteiger partial charge in [0, 0.05) is 54.3 Å². The van der Waals surface area contributed by atoms with Crippen LogP contribution in [0, 0.1) is 18.7 Å². The van der Waals surface area contributed by atoms with Crippen LogP contribution in [0.4, 0.5) is 27.6 Å². The zero-order valence-corrected chi connectivity index (χ0v) is 24.7. The number of aryl methyl sites for hydroxylation is 1. The lowest BCUT2D eigenvalue weighted by molar-refractivity contribution is -0.170. The summed E-state index contributed by atoms with van der Waals surface area (Å²) in [6.07, 6.45) is -0.180. The van der Waals surface area contributed by atoms with E-state index < -0.39 is 34.9 Å². The summed E-state index contributed by atoms with van der Waals surface area (Å²) in [4.78, 5) is 6.54. The van der Waals surface area contributed by atoms with Crippen molar-refractivity contribution >= 4 is 16.6 Å². The van der Waals surface area contributed by atoms with Gasteiger partial charge in [-0.2, -0.15) is 8.78 Å². The Bertz CT molecular complexity index is 1420. The van der Waals surface area contributed by atoms with Crippen LogP contribution in [0.3, 0.4) is 0 Å². The summed E-state index contributed by atoms with van der Waals surface area (Å²) in [7, 11) is 3.37. The number of pyridine rings is 1. The minimum Gasteiger partial charge on any atom is -0.493 e. The summed E-state index contributed by atoms with van der Waals surface area (Å²) in [6.45, 7) is 6.69. The van der Waals surface area contributed by atoms with Crippen LogP contribution in [0.2, 0.25) is 0 Å². The van der Waals surface area contributed by atoms with Crippen LogP contribution < -0.4 is 14.8 Å². The molecule has 0 amide bonds. The molecular formula is C31H38F5N3O3. The quantitative estimate of drug-likeness (QED) is 0.218. The topological polar surface area (TPSA) is 66.8 Å². The molecule has 0 unspecified atom stereocenters. The molecule has 0 aliphatic heterocycles. The fourth-order valence-electron chi connectivity index (χ4n) is 5.28. The van der Waals surface area contributed by atoms with Gasteiger partial charge in [-0.05, 0) is 58.9 Å². The molecule has 230 valence electrons. The number of aromatic nitrogens is 1. The summed E-state index contributed by atoms with van der Waals surface area (Å²) in [5.41, 5.74) is -1.50. The molecule has 1 aliphatic rings. The van der Waals surface area contributed by atoms with Gasteiger partial charge in [0.25, 0.3) is 0 Å². The second-order valence-electron chi connectivity index (χ2n) is 11.8. The van der Waals surface area contributed by atoms with Crippen molar-refractivity contribution in [2.24, 2.45) is 5.92 Å². The molecule has 2 N–H and O–H groups in total. The molecule has 0 spiro atoms. The van der Waals surface area contributed by atoms with Crippen LogP contribution in [0.25, 0.3) is 10.9 Å². The van der Waals surface area contributed by atoms with Crippen LogP contribution >= 0.6 is 0 Å². The number of rotatable bonds is 12. The van der Waals surface area contributed by atoms with Crippen molar-refractivity contribution in [3.05, 3.63) is 59.0 Å². The Hall–Kier alpha value is -3.18. The number of halogens is 5. The number of methoxy groups -OCH3 is 1. The fourth-order valence-corrected chi connectivity index (χ4v) is 5.28. The Balaban J connectivity index is 1.56.